The zero-order valence-electron chi connectivity index (χ0n) is 12.2. The van der Waals surface area contributed by atoms with E-state index in [1.165, 1.54) is 0 Å². The Bertz CT molecular complexity index is 799. The van der Waals surface area contributed by atoms with E-state index in [1.807, 2.05) is 6.20 Å². The summed E-state index contributed by atoms with van der Waals surface area (Å²) in [5.74, 6) is 0.212. The van der Waals surface area contributed by atoms with Gasteiger partial charge in [-0.05, 0) is 31.4 Å². The largest absolute Gasteiger partial charge is 0.348 e. The van der Waals surface area contributed by atoms with E-state index in [-0.39, 0.29) is 6.04 Å². The number of alkyl halides is 2. The van der Waals surface area contributed by atoms with Crippen LogP contribution < -0.4 is 4.90 Å². The molecule has 3 aromatic heterocycles. The Morgan fingerprint density at radius 2 is 2.13 bits per heavy atom. The van der Waals surface area contributed by atoms with Crippen LogP contribution in [0, 0.1) is 0 Å². The lowest BCUT2D eigenvalue weighted by atomic mass is 9.97. The summed E-state index contributed by atoms with van der Waals surface area (Å²) in [6, 6.07) is 3.61. The molecule has 0 radical (unpaired) electrons. The topological polar surface area (TPSA) is 75.0 Å². The van der Waals surface area contributed by atoms with Crippen molar-refractivity contribution in [3.8, 4) is 0 Å². The van der Waals surface area contributed by atoms with Crippen LogP contribution in [0.3, 0.4) is 0 Å². The Balaban J connectivity index is 1.75. The van der Waals surface area contributed by atoms with Crippen LogP contribution in [-0.2, 0) is 0 Å². The Morgan fingerprint density at radius 1 is 1.22 bits per heavy atom. The maximum absolute atomic E-state index is 13.0. The van der Waals surface area contributed by atoms with Crippen molar-refractivity contribution < 1.29 is 8.78 Å². The van der Waals surface area contributed by atoms with Crippen LogP contribution in [0.25, 0.3) is 5.65 Å². The highest BCUT2D eigenvalue weighted by Gasteiger charge is 2.27. The Morgan fingerprint density at radius 3 is 2.91 bits per heavy atom. The first-order valence-corrected chi connectivity index (χ1v) is 7.50. The number of H-pyrrole nitrogens is 1. The van der Waals surface area contributed by atoms with Gasteiger partial charge in [0.15, 0.2) is 5.65 Å². The summed E-state index contributed by atoms with van der Waals surface area (Å²) < 4.78 is 27.2. The minimum absolute atomic E-state index is 0.138. The highest BCUT2D eigenvalue weighted by molar-refractivity contribution is 5.48. The average Bonchev–Trinajstić information content (AvgIpc) is 3.24. The molecule has 4 rings (SSSR count). The molecule has 23 heavy (non-hydrogen) atoms. The first-order chi connectivity index (χ1) is 11.2. The number of rotatable bonds is 3. The maximum atomic E-state index is 13.0. The summed E-state index contributed by atoms with van der Waals surface area (Å²) in [6.07, 6.45) is 4.08. The maximum Gasteiger partial charge on any atom is 0.299 e. The fourth-order valence-electron chi connectivity index (χ4n) is 3.08. The lowest BCUT2D eigenvalue weighted by molar-refractivity contribution is 0.137. The normalized spacial score (nSPS) is 18.9. The summed E-state index contributed by atoms with van der Waals surface area (Å²) in [5, 5.41) is 18.4. The molecule has 1 N–H and O–H groups in total. The predicted molar refractivity (Wildman–Crippen MR) is 78.3 cm³/mol. The molecule has 0 spiro atoms. The van der Waals surface area contributed by atoms with Crippen molar-refractivity contribution in [1.29, 1.82) is 0 Å². The Labute approximate surface area is 130 Å². The second kappa shape index (κ2) is 5.56. The monoisotopic (exact) mass is 319 g/mol. The molecule has 3 aromatic rings. The number of aromatic amines is 1. The van der Waals surface area contributed by atoms with Crippen molar-refractivity contribution in [2.45, 2.75) is 31.7 Å². The number of aromatic nitrogens is 6. The molecule has 4 heterocycles. The van der Waals surface area contributed by atoms with Gasteiger partial charge in [0.1, 0.15) is 5.82 Å². The van der Waals surface area contributed by atoms with Crippen molar-refractivity contribution >= 4 is 11.5 Å². The molecule has 0 bridgehead atoms. The molecular formula is C14H15F2N7. The van der Waals surface area contributed by atoms with Gasteiger partial charge in [0.25, 0.3) is 6.43 Å². The third-order valence-electron chi connectivity index (χ3n) is 4.17. The van der Waals surface area contributed by atoms with Gasteiger partial charge in [-0.1, -0.05) is 0 Å². The molecule has 1 saturated heterocycles. The number of nitrogens with one attached hydrogen (secondary N) is 1. The standard InChI is InChI=1S/C14H15F2N7/c15-13(16)14-20-19-11-4-5-12(21-23(11)14)22-6-2-1-3-10(22)9-7-17-18-8-9/h4-5,7-8,10,13H,1-3,6H2,(H,17,18). The molecule has 1 aliphatic rings. The minimum atomic E-state index is -2.71. The van der Waals surface area contributed by atoms with E-state index in [1.54, 1.807) is 18.3 Å². The zero-order valence-corrected chi connectivity index (χ0v) is 12.2. The Hall–Kier alpha value is -2.58. The van der Waals surface area contributed by atoms with Gasteiger partial charge < -0.3 is 4.90 Å². The summed E-state index contributed by atoms with van der Waals surface area (Å²) in [7, 11) is 0. The van der Waals surface area contributed by atoms with E-state index in [9.17, 15) is 8.78 Å². The number of hydrogen-bond acceptors (Lipinski definition) is 5. The first-order valence-electron chi connectivity index (χ1n) is 7.50. The molecule has 1 fully saturated rings. The molecule has 7 nitrogen and oxygen atoms in total. The highest BCUT2D eigenvalue weighted by atomic mass is 19.3. The van der Waals surface area contributed by atoms with Gasteiger partial charge in [-0.2, -0.15) is 9.61 Å². The molecule has 1 unspecified atom stereocenters. The Kier molecular flexibility index (Phi) is 3.40. The minimum Gasteiger partial charge on any atom is -0.348 e. The van der Waals surface area contributed by atoms with Gasteiger partial charge in [-0.3, -0.25) is 5.10 Å². The lowest BCUT2D eigenvalue weighted by Gasteiger charge is -2.36. The van der Waals surface area contributed by atoms with Crippen LogP contribution in [0.4, 0.5) is 14.6 Å². The van der Waals surface area contributed by atoms with Gasteiger partial charge in [0.2, 0.25) is 5.82 Å². The van der Waals surface area contributed by atoms with E-state index < -0.39 is 12.2 Å². The molecule has 9 heteroatoms. The molecule has 1 aliphatic heterocycles. The molecule has 0 aromatic carbocycles. The van der Waals surface area contributed by atoms with E-state index in [2.05, 4.69) is 30.4 Å². The second-order valence-corrected chi connectivity index (χ2v) is 5.56. The molecule has 0 aliphatic carbocycles. The molecular weight excluding hydrogens is 304 g/mol. The van der Waals surface area contributed by atoms with Gasteiger partial charge in [0.05, 0.1) is 12.2 Å². The molecule has 120 valence electrons. The summed E-state index contributed by atoms with van der Waals surface area (Å²) in [4.78, 5) is 2.13. The van der Waals surface area contributed by atoms with E-state index >= 15 is 0 Å². The van der Waals surface area contributed by atoms with Crippen LogP contribution in [0.15, 0.2) is 24.5 Å². The van der Waals surface area contributed by atoms with E-state index in [4.69, 9.17) is 0 Å². The lowest BCUT2D eigenvalue weighted by Crippen LogP contribution is -2.34. The molecule has 1 atom stereocenters. The van der Waals surface area contributed by atoms with Crippen molar-refractivity contribution in [1.82, 2.24) is 30.0 Å². The number of nitrogens with zero attached hydrogens (tertiary/aromatic N) is 6. The van der Waals surface area contributed by atoms with Crippen molar-refractivity contribution in [2.24, 2.45) is 0 Å². The number of piperidine rings is 1. The van der Waals surface area contributed by atoms with Crippen molar-refractivity contribution in [3.63, 3.8) is 0 Å². The third kappa shape index (κ3) is 2.41. The van der Waals surface area contributed by atoms with Gasteiger partial charge in [-0.15, -0.1) is 15.3 Å². The van der Waals surface area contributed by atoms with Crippen LogP contribution in [0.5, 0.6) is 0 Å². The zero-order chi connectivity index (χ0) is 15.8. The van der Waals surface area contributed by atoms with Crippen LogP contribution in [0.1, 0.15) is 43.1 Å². The van der Waals surface area contributed by atoms with Gasteiger partial charge >= 0.3 is 0 Å². The van der Waals surface area contributed by atoms with Gasteiger partial charge in [-0.25, -0.2) is 8.78 Å². The average molecular weight is 319 g/mol. The van der Waals surface area contributed by atoms with Gasteiger partial charge in [0, 0.05) is 18.3 Å². The predicted octanol–water partition coefficient (Wildman–Crippen LogP) is 2.52. The fraction of sp³-hybridized carbons (Fsp3) is 0.429. The number of fused-ring (bicyclic) bond motifs is 1. The van der Waals surface area contributed by atoms with Crippen LogP contribution in [0.2, 0.25) is 0 Å². The van der Waals surface area contributed by atoms with Crippen molar-refractivity contribution in [3.05, 3.63) is 35.9 Å². The summed E-state index contributed by atoms with van der Waals surface area (Å²) >= 11 is 0. The second-order valence-electron chi connectivity index (χ2n) is 5.56. The SMILES string of the molecule is FC(F)c1nnc2ccc(N3CCCCC3c3cn[nH]c3)nn12. The summed E-state index contributed by atoms with van der Waals surface area (Å²) in [5.41, 5.74) is 1.39. The van der Waals surface area contributed by atoms with E-state index in [0.29, 0.717) is 11.5 Å². The number of anilines is 1. The van der Waals surface area contributed by atoms with E-state index in [0.717, 1.165) is 35.9 Å². The van der Waals surface area contributed by atoms with Crippen LogP contribution >= 0.6 is 0 Å². The fourth-order valence-corrected chi connectivity index (χ4v) is 3.08. The smallest absolute Gasteiger partial charge is 0.299 e. The van der Waals surface area contributed by atoms with Crippen molar-refractivity contribution in [2.75, 3.05) is 11.4 Å². The molecule has 0 amide bonds. The first kappa shape index (κ1) is 14.0. The summed E-state index contributed by atoms with van der Waals surface area (Å²) in [6.45, 7) is 0.820. The quantitative estimate of drug-likeness (QED) is 0.803. The molecule has 0 saturated carbocycles. The number of halogens is 2. The highest BCUT2D eigenvalue weighted by Crippen LogP contribution is 2.33. The third-order valence-corrected chi connectivity index (χ3v) is 4.17. The van der Waals surface area contributed by atoms with Crippen LogP contribution in [-0.4, -0.2) is 36.6 Å². The number of hydrogen-bond donors (Lipinski definition) is 1.